The van der Waals surface area contributed by atoms with Crippen molar-refractivity contribution in [3.63, 3.8) is 0 Å². The Kier molecular flexibility index (Phi) is 9.69. The van der Waals surface area contributed by atoms with Gasteiger partial charge in [0.05, 0.1) is 24.6 Å². The third-order valence-corrected chi connectivity index (χ3v) is 9.85. The highest BCUT2D eigenvalue weighted by Crippen LogP contribution is 2.30. The first-order valence-corrected chi connectivity index (χ1v) is 15.6. The molecule has 0 aliphatic carbocycles. The van der Waals surface area contributed by atoms with Gasteiger partial charge in [-0.2, -0.15) is 0 Å². The second-order valence-corrected chi connectivity index (χ2v) is 13.3. The van der Waals surface area contributed by atoms with Gasteiger partial charge in [0, 0.05) is 36.8 Å². The molecular formula is C29H35N3O7S2. The maximum atomic E-state index is 13.4. The smallest absolute Gasteiger partial charge is 0.335 e. The number of benzene rings is 2. The Balaban J connectivity index is 1.60. The molecule has 12 heteroatoms. The fourth-order valence-electron chi connectivity index (χ4n) is 4.77. The molecule has 1 aromatic heterocycles. The lowest BCUT2D eigenvalue weighted by molar-refractivity contribution is -0.134. The standard InChI is InChI=1S/C29H35N3O7S2/c1-19-15-32(20(2)18-33)27(34)14-23-13-24(30-41(37,38)28-5-4-12-40-28)10-11-25(23)39-26(19)17-31(3)16-21-6-8-22(9-7-21)29(35)36/h4-13,19-20,26,30,33H,14-18H2,1-3H3,(H,35,36)/t19-,20+,26-/m1/s1. The molecule has 2 heterocycles. The summed E-state index contributed by atoms with van der Waals surface area (Å²) in [5.74, 6) is -0.774. The Morgan fingerprint density at radius 2 is 1.95 bits per heavy atom. The number of sulfonamides is 1. The number of thiophene rings is 1. The van der Waals surface area contributed by atoms with Gasteiger partial charge in [-0.25, -0.2) is 13.2 Å². The number of rotatable bonds is 10. The van der Waals surface area contributed by atoms with Crippen LogP contribution in [0.25, 0.3) is 0 Å². The lowest BCUT2D eigenvalue weighted by Crippen LogP contribution is -2.47. The van der Waals surface area contributed by atoms with Crippen LogP contribution in [0.2, 0.25) is 0 Å². The number of anilines is 1. The maximum Gasteiger partial charge on any atom is 0.335 e. The highest BCUT2D eigenvalue weighted by Gasteiger charge is 2.31. The SMILES string of the molecule is C[C@@H]1CN([C@@H](C)CO)C(=O)Cc2cc(NS(=O)(=O)c3cccs3)ccc2O[C@@H]1CN(C)Cc1ccc(C(=O)O)cc1. The summed E-state index contributed by atoms with van der Waals surface area (Å²) in [4.78, 5) is 28.3. The lowest BCUT2D eigenvalue weighted by atomic mass is 10.0. The van der Waals surface area contributed by atoms with Gasteiger partial charge in [0.1, 0.15) is 16.1 Å². The average Bonchev–Trinajstić information content (AvgIpc) is 3.49. The number of hydrogen-bond acceptors (Lipinski definition) is 8. The highest BCUT2D eigenvalue weighted by molar-refractivity contribution is 7.94. The van der Waals surface area contributed by atoms with Crippen LogP contribution in [0.15, 0.2) is 64.2 Å². The topological polar surface area (TPSA) is 136 Å². The number of carboxylic acid groups (broad SMARTS) is 1. The van der Waals surface area contributed by atoms with E-state index in [1.54, 1.807) is 65.7 Å². The number of aliphatic hydroxyl groups excluding tert-OH is 1. The zero-order valence-electron chi connectivity index (χ0n) is 23.2. The number of fused-ring (bicyclic) bond motifs is 1. The molecule has 3 aromatic rings. The van der Waals surface area contributed by atoms with Crippen molar-refractivity contribution in [2.24, 2.45) is 5.92 Å². The average molecular weight is 602 g/mol. The molecule has 10 nitrogen and oxygen atoms in total. The Hall–Kier alpha value is -3.45. The molecule has 3 atom stereocenters. The molecule has 0 saturated carbocycles. The minimum absolute atomic E-state index is 0.0144. The van der Waals surface area contributed by atoms with E-state index < -0.39 is 22.0 Å². The molecule has 1 aliphatic rings. The maximum absolute atomic E-state index is 13.4. The quantitative estimate of drug-likeness (QED) is 0.321. The van der Waals surface area contributed by atoms with E-state index in [2.05, 4.69) is 9.62 Å². The predicted molar refractivity (Wildman–Crippen MR) is 157 cm³/mol. The van der Waals surface area contributed by atoms with Crippen LogP contribution in [0, 0.1) is 5.92 Å². The first-order valence-electron chi connectivity index (χ1n) is 13.2. The minimum atomic E-state index is -3.77. The van der Waals surface area contributed by atoms with Gasteiger partial charge >= 0.3 is 5.97 Å². The van der Waals surface area contributed by atoms with Crippen LogP contribution in [0.1, 0.15) is 35.3 Å². The molecule has 0 saturated heterocycles. The largest absolute Gasteiger partial charge is 0.488 e. The van der Waals surface area contributed by atoms with Crippen molar-refractivity contribution in [2.75, 3.05) is 31.5 Å². The fourth-order valence-corrected chi connectivity index (χ4v) is 6.81. The highest BCUT2D eigenvalue weighted by atomic mass is 32.2. The Morgan fingerprint density at radius 3 is 2.59 bits per heavy atom. The van der Waals surface area contributed by atoms with E-state index in [0.29, 0.717) is 36.6 Å². The summed E-state index contributed by atoms with van der Waals surface area (Å²) in [6, 6.07) is 14.4. The number of aromatic carboxylic acids is 1. The summed E-state index contributed by atoms with van der Waals surface area (Å²) >= 11 is 1.11. The number of nitrogens with one attached hydrogen (secondary N) is 1. The van der Waals surface area contributed by atoms with Gasteiger partial charge in [-0.3, -0.25) is 14.4 Å². The summed E-state index contributed by atoms with van der Waals surface area (Å²) in [6.45, 7) is 5.03. The number of carbonyl (C=O) groups excluding carboxylic acids is 1. The van der Waals surface area contributed by atoms with Crippen molar-refractivity contribution >= 4 is 38.9 Å². The molecule has 1 amide bonds. The van der Waals surface area contributed by atoms with Gasteiger partial charge in [0.15, 0.2) is 0 Å². The second kappa shape index (κ2) is 13.0. The number of nitrogens with zero attached hydrogens (tertiary/aromatic N) is 2. The lowest BCUT2D eigenvalue weighted by Gasteiger charge is -2.34. The summed E-state index contributed by atoms with van der Waals surface area (Å²) in [6.07, 6.45) is -0.357. The molecule has 0 spiro atoms. The molecular weight excluding hydrogens is 566 g/mol. The normalized spacial score (nSPS) is 18.6. The molecule has 3 N–H and O–H groups in total. The van der Waals surface area contributed by atoms with Gasteiger partial charge in [-0.05, 0) is 61.3 Å². The van der Waals surface area contributed by atoms with Gasteiger partial charge in [-0.1, -0.05) is 25.1 Å². The Morgan fingerprint density at radius 1 is 1.22 bits per heavy atom. The molecule has 0 unspecified atom stereocenters. The van der Waals surface area contributed by atoms with Crippen molar-refractivity contribution in [3.8, 4) is 5.75 Å². The molecule has 0 bridgehead atoms. The number of ether oxygens (including phenoxy) is 1. The van der Waals surface area contributed by atoms with Gasteiger partial charge < -0.3 is 19.8 Å². The van der Waals surface area contributed by atoms with Crippen LogP contribution < -0.4 is 9.46 Å². The number of carboxylic acids is 1. The molecule has 220 valence electrons. The van der Waals surface area contributed by atoms with Crippen LogP contribution in [0.5, 0.6) is 5.75 Å². The van der Waals surface area contributed by atoms with Crippen molar-refractivity contribution in [1.29, 1.82) is 0 Å². The van der Waals surface area contributed by atoms with E-state index in [4.69, 9.17) is 9.84 Å². The first-order chi connectivity index (χ1) is 19.5. The number of carbonyl (C=O) groups is 2. The molecule has 1 aliphatic heterocycles. The summed E-state index contributed by atoms with van der Waals surface area (Å²) in [5.41, 5.74) is 2.03. The predicted octanol–water partition coefficient (Wildman–Crippen LogP) is 3.53. The van der Waals surface area contributed by atoms with Crippen molar-refractivity contribution in [3.05, 3.63) is 76.7 Å². The fraction of sp³-hybridized carbons (Fsp3) is 0.379. The Labute approximate surface area is 244 Å². The molecule has 0 radical (unpaired) electrons. The monoisotopic (exact) mass is 601 g/mol. The van der Waals surface area contributed by atoms with E-state index >= 15 is 0 Å². The molecule has 0 fully saturated rings. The van der Waals surface area contributed by atoms with Crippen LogP contribution in [0.4, 0.5) is 5.69 Å². The Bertz CT molecular complexity index is 1460. The van der Waals surface area contributed by atoms with Crippen molar-refractivity contribution in [1.82, 2.24) is 9.80 Å². The van der Waals surface area contributed by atoms with E-state index in [0.717, 1.165) is 16.9 Å². The van der Waals surface area contributed by atoms with E-state index in [1.807, 2.05) is 14.0 Å². The van der Waals surface area contributed by atoms with Gasteiger partial charge in [-0.15, -0.1) is 11.3 Å². The molecule has 2 aromatic carbocycles. The summed E-state index contributed by atoms with van der Waals surface area (Å²) < 4.78 is 34.9. The first kappa shape index (κ1) is 30.5. The van der Waals surface area contributed by atoms with Crippen LogP contribution in [-0.2, 0) is 27.8 Å². The van der Waals surface area contributed by atoms with Crippen LogP contribution in [0.3, 0.4) is 0 Å². The molecule has 41 heavy (non-hydrogen) atoms. The van der Waals surface area contributed by atoms with E-state index in [1.165, 1.54) is 6.07 Å². The van der Waals surface area contributed by atoms with Crippen LogP contribution in [-0.4, -0.2) is 79.2 Å². The minimum Gasteiger partial charge on any atom is -0.488 e. The molecule has 4 rings (SSSR count). The van der Waals surface area contributed by atoms with Crippen molar-refractivity contribution in [2.45, 2.75) is 43.2 Å². The number of aliphatic hydroxyl groups is 1. The summed E-state index contributed by atoms with van der Waals surface area (Å²) in [7, 11) is -1.83. The third kappa shape index (κ3) is 7.64. The van der Waals surface area contributed by atoms with Crippen molar-refractivity contribution < 1.29 is 33.0 Å². The second-order valence-electron chi connectivity index (χ2n) is 10.4. The number of hydrogen-bond donors (Lipinski definition) is 3. The zero-order chi connectivity index (χ0) is 29.7. The van der Waals surface area contributed by atoms with Crippen LogP contribution >= 0.6 is 11.3 Å². The number of likely N-dealkylation sites (N-methyl/N-ethyl adjacent to an activating group) is 1. The van der Waals surface area contributed by atoms with Gasteiger partial charge in [0.25, 0.3) is 10.0 Å². The third-order valence-electron chi connectivity index (χ3n) is 7.07. The zero-order valence-corrected chi connectivity index (χ0v) is 24.8. The summed E-state index contributed by atoms with van der Waals surface area (Å²) in [5, 5.41) is 20.7. The van der Waals surface area contributed by atoms with E-state index in [9.17, 15) is 23.1 Å². The number of amides is 1. The van der Waals surface area contributed by atoms with E-state index in [-0.39, 0.29) is 40.7 Å². The van der Waals surface area contributed by atoms with Gasteiger partial charge in [0.2, 0.25) is 5.91 Å².